The minimum atomic E-state index is -1.05. The maximum absolute atomic E-state index is 11.9. The molecule has 1 amide bonds. The number of hydrogen-bond donors (Lipinski definition) is 1. The summed E-state index contributed by atoms with van der Waals surface area (Å²) in [5.41, 5.74) is 1.98. The largest absolute Gasteiger partial charge is 0.481 e. The van der Waals surface area contributed by atoms with E-state index in [0.29, 0.717) is 5.75 Å². The number of nitrogens with zero attached hydrogens (tertiary/aromatic N) is 1. The molecule has 5 nitrogen and oxygen atoms in total. The molecule has 0 bridgehead atoms. The molecule has 0 spiro atoms. The second-order valence-corrected chi connectivity index (χ2v) is 4.62. The quantitative estimate of drug-likeness (QED) is 0.878. The van der Waals surface area contributed by atoms with E-state index in [1.54, 1.807) is 6.92 Å². The highest BCUT2D eigenvalue weighted by atomic mass is 16.5. The number of carbonyl (C=O) groups is 2. The molecule has 0 unspecified atom stereocenters. The van der Waals surface area contributed by atoms with E-state index in [4.69, 9.17) is 9.84 Å². The summed E-state index contributed by atoms with van der Waals surface area (Å²) >= 11 is 0. The van der Waals surface area contributed by atoms with E-state index in [1.165, 1.54) is 7.05 Å². The van der Waals surface area contributed by atoms with Crippen LogP contribution in [0.5, 0.6) is 5.75 Å². The van der Waals surface area contributed by atoms with Crippen LogP contribution in [0.15, 0.2) is 18.2 Å². The maximum Gasteiger partial charge on any atom is 0.323 e. The van der Waals surface area contributed by atoms with Crippen molar-refractivity contribution in [2.45, 2.75) is 26.9 Å². The molecule has 19 heavy (non-hydrogen) atoms. The van der Waals surface area contributed by atoms with Crippen molar-refractivity contribution in [3.63, 3.8) is 0 Å². The molecule has 0 aromatic heterocycles. The number of carbonyl (C=O) groups excluding carboxylic acids is 1. The molecule has 1 atom stereocenters. The van der Waals surface area contributed by atoms with Gasteiger partial charge >= 0.3 is 5.97 Å². The molecule has 0 fully saturated rings. The summed E-state index contributed by atoms with van der Waals surface area (Å²) < 4.78 is 5.61. The van der Waals surface area contributed by atoms with Crippen LogP contribution in [-0.4, -0.2) is 41.6 Å². The zero-order chi connectivity index (χ0) is 14.6. The van der Waals surface area contributed by atoms with Crippen LogP contribution in [0.4, 0.5) is 0 Å². The van der Waals surface area contributed by atoms with Crippen LogP contribution >= 0.6 is 0 Å². The van der Waals surface area contributed by atoms with Gasteiger partial charge < -0.3 is 14.7 Å². The third-order valence-corrected chi connectivity index (χ3v) is 2.74. The Morgan fingerprint density at radius 2 is 2.00 bits per heavy atom. The molecule has 5 heteroatoms. The second kappa shape index (κ2) is 6.22. The molecular formula is C14H19NO4. The lowest BCUT2D eigenvalue weighted by Crippen LogP contribution is -2.40. The first kappa shape index (κ1) is 15.0. The Labute approximate surface area is 112 Å². The molecule has 0 radical (unpaired) electrons. The summed E-state index contributed by atoms with van der Waals surface area (Å²) in [4.78, 5) is 23.6. The number of benzene rings is 1. The Balaban J connectivity index is 2.73. The van der Waals surface area contributed by atoms with E-state index in [2.05, 4.69) is 0 Å². The Bertz CT molecular complexity index is 484. The first-order valence-electron chi connectivity index (χ1n) is 6.02. The number of aliphatic carboxylic acids is 1. The van der Waals surface area contributed by atoms with Crippen LogP contribution in [0.25, 0.3) is 0 Å². The van der Waals surface area contributed by atoms with E-state index < -0.39 is 12.1 Å². The highest BCUT2D eigenvalue weighted by Crippen LogP contribution is 2.20. The highest BCUT2D eigenvalue weighted by molar-refractivity contribution is 5.84. The van der Waals surface area contributed by atoms with Crippen molar-refractivity contribution in [1.82, 2.24) is 4.90 Å². The molecule has 0 aliphatic rings. The summed E-state index contributed by atoms with van der Waals surface area (Å²) in [6.07, 6.45) is -0.718. The van der Waals surface area contributed by atoms with Gasteiger partial charge in [0.25, 0.3) is 5.91 Å². The van der Waals surface area contributed by atoms with Gasteiger partial charge in [-0.15, -0.1) is 0 Å². The van der Waals surface area contributed by atoms with Crippen LogP contribution in [0.1, 0.15) is 18.1 Å². The number of carboxylic acids is 1. The monoisotopic (exact) mass is 265 g/mol. The predicted molar refractivity (Wildman–Crippen MR) is 71.3 cm³/mol. The standard InChI is InChI=1S/C14H19NO4/c1-9-5-6-10(2)12(7-9)19-11(3)14(18)15(4)8-13(16)17/h5-7,11H,8H2,1-4H3,(H,16,17)/t11-/m1/s1. The smallest absolute Gasteiger partial charge is 0.323 e. The lowest BCUT2D eigenvalue weighted by atomic mass is 10.1. The molecule has 1 aromatic rings. The lowest BCUT2D eigenvalue weighted by Gasteiger charge is -2.21. The SMILES string of the molecule is Cc1ccc(C)c(O[C@H](C)C(=O)N(C)CC(=O)O)c1. The molecule has 1 N–H and O–H groups in total. The van der Waals surface area contributed by atoms with Gasteiger partial charge in [0.1, 0.15) is 12.3 Å². The van der Waals surface area contributed by atoms with Crippen LogP contribution in [-0.2, 0) is 9.59 Å². The van der Waals surface area contributed by atoms with Crippen molar-refractivity contribution in [2.75, 3.05) is 13.6 Å². The number of ether oxygens (including phenoxy) is 1. The van der Waals surface area contributed by atoms with Gasteiger partial charge in [-0.1, -0.05) is 12.1 Å². The fourth-order valence-electron chi connectivity index (χ4n) is 1.67. The van der Waals surface area contributed by atoms with Gasteiger partial charge in [-0.05, 0) is 38.0 Å². The molecule has 104 valence electrons. The lowest BCUT2D eigenvalue weighted by molar-refractivity contribution is -0.146. The van der Waals surface area contributed by atoms with Gasteiger partial charge in [0.2, 0.25) is 0 Å². The number of amides is 1. The van der Waals surface area contributed by atoms with Crippen molar-refractivity contribution in [3.8, 4) is 5.75 Å². The Morgan fingerprint density at radius 3 is 2.58 bits per heavy atom. The number of hydrogen-bond acceptors (Lipinski definition) is 3. The minimum Gasteiger partial charge on any atom is -0.481 e. The summed E-state index contributed by atoms with van der Waals surface area (Å²) in [5.74, 6) is -0.761. The zero-order valence-electron chi connectivity index (χ0n) is 11.6. The van der Waals surface area contributed by atoms with Crippen molar-refractivity contribution in [3.05, 3.63) is 29.3 Å². The third-order valence-electron chi connectivity index (χ3n) is 2.74. The van der Waals surface area contributed by atoms with E-state index in [9.17, 15) is 9.59 Å². The van der Waals surface area contributed by atoms with Crippen molar-refractivity contribution >= 4 is 11.9 Å². The Morgan fingerprint density at radius 1 is 1.37 bits per heavy atom. The van der Waals surface area contributed by atoms with Gasteiger partial charge in [0.15, 0.2) is 6.10 Å². The van der Waals surface area contributed by atoms with Crippen LogP contribution < -0.4 is 4.74 Å². The normalized spacial score (nSPS) is 11.8. The molecule has 0 heterocycles. The highest BCUT2D eigenvalue weighted by Gasteiger charge is 2.21. The molecule has 0 saturated heterocycles. The zero-order valence-corrected chi connectivity index (χ0v) is 11.6. The van der Waals surface area contributed by atoms with E-state index in [-0.39, 0.29) is 12.5 Å². The average molecular weight is 265 g/mol. The topological polar surface area (TPSA) is 66.8 Å². The number of aryl methyl sites for hydroxylation is 2. The molecule has 0 aliphatic heterocycles. The molecule has 1 rings (SSSR count). The van der Waals surface area contributed by atoms with E-state index in [1.807, 2.05) is 32.0 Å². The van der Waals surface area contributed by atoms with Crippen molar-refractivity contribution < 1.29 is 19.4 Å². The first-order valence-corrected chi connectivity index (χ1v) is 6.02. The van der Waals surface area contributed by atoms with Crippen molar-refractivity contribution in [2.24, 2.45) is 0 Å². The fourth-order valence-corrected chi connectivity index (χ4v) is 1.67. The summed E-state index contributed by atoms with van der Waals surface area (Å²) in [6, 6.07) is 5.74. The summed E-state index contributed by atoms with van der Waals surface area (Å²) in [7, 11) is 1.44. The summed E-state index contributed by atoms with van der Waals surface area (Å²) in [5, 5.41) is 8.65. The third kappa shape index (κ3) is 4.28. The summed E-state index contributed by atoms with van der Waals surface area (Å²) in [6.45, 7) is 5.12. The van der Waals surface area contributed by atoms with Gasteiger partial charge in [-0.25, -0.2) is 0 Å². The number of likely N-dealkylation sites (N-methyl/N-ethyl adjacent to an activating group) is 1. The molecular weight excluding hydrogens is 246 g/mol. The van der Waals surface area contributed by atoms with Gasteiger partial charge in [0.05, 0.1) is 0 Å². The molecule has 1 aromatic carbocycles. The predicted octanol–water partition coefficient (Wildman–Crippen LogP) is 1.61. The molecule has 0 aliphatic carbocycles. The average Bonchev–Trinajstić information content (AvgIpc) is 2.31. The number of rotatable bonds is 5. The maximum atomic E-state index is 11.9. The first-order chi connectivity index (χ1) is 8.81. The van der Waals surface area contributed by atoms with E-state index in [0.717, 1.165) is 16.0 Å². The fraction of sp³-hybridized carbons (Fsp3) is 0.429. The van der Waals surface area contributed by atoms with E-state index >= 15 is 0 Å². The van der Waals surface area contributed by atoms with Gasteiger partial charge in [-0.3, -0.25) is 9.59 Å². The van der Waals surface area contributed by atoms with Crippen LogP contribution in [0.3, 0.4) is 0 Å². The van der Waals surface area contributed by atoms with Crippen molar-refractivity contribution in [1.29, 1.82) is 0 Å². The number of carboxylic acid groups (broad SMARTS) is 1. The van der Waals surface area contributed by atoms with Crippen LogP contribution in [0.2, 0.25) is 0 Å². The molecule has 0 saturated carbocycles. The Kier molecular flexibility index (Phi) is 4.92. The second-order valence-electron chi connectivity index (χ2n) is 4.62. The minimum absolute atomic E-state index is 0.334. The van der Waals surface area contributed by atoms with Gasteiger partial charge in [0, 0.05) is 7.05 Å². The Hall–Kier alpha value is -2.04. The van der Waals surface area contributed by atoms with Crippen LogP contribution in [0, 0.1) is 13.8 Å². The van der Waals surface area contributed by atoms with Gasteiger partial charge in [-0.2, -0.15) is 0 Å².